The Labute approximate surface area is 196 Å². The first-order valence-corrected chi connectivity index (χ1v) is 11.4. The second-order valence-corrected chi connectivity index (χ2v) is 10.1. The van der Waals surface area contributed by atoms with Crippen LogP contribution in [0.15, 0.2) is 22.6 Å². The zero-order chi connectivity index (χ0) is 24.7. The number of aliphatic hydroxyl groups excluding tert-OH is 1. The molecule has 34 heavy (non-hydrogen) atoms. The molecule has 0 bridgehead atoms. The molecule has 2 atom stereocenters. The highest BCUT2D eigenvalue weighted by atomic mass is 19.4. The highest BCUT2D eigenvalue weighted by molar-refractivity contribution is 5.90. The number of pyridine rings is 1. The van der Waals surface area contributed by atoms with Crippen molar-refractivity contribution in [3.8, 4) is 11.6 Å². The van der Waals surface area contributed by atoms with Crippen molar-refractivity contribution in [1.82, 2.24) is 15.2 Å². The highest BCUT2D eigenvalue weighted by Crippen LogP contribution is 2.35. The summed E-state index contributed by atoms with van der Waals surface area (Å²) in [7, 11) is 0. The van der Waals surface area contributed by atoms with Crippen molar-refractivity contribution in [2.75, 3.05) is 23.7 Å². The molecule has 1 aliphatic carbocycles. The molecule has 184 valence electrons. The van der Waals surface area contributed by atoms with E-state index in [4.69, 9.17) is 9.40 Å². The van der Waals surface area contributed by atoms with E-state index in [9.17, 15) is 18.3 Å². The average Bonchev–Trinajstić information content (AvgIpc) is 3.38. The monoisotopic (exact) mass is 477 g/mol. The SMILES string of the molecule is Cc1cc(-c2nnc(NCC3CC[C@H](O)C3)o2)nc2c(C(C)(C)C)cc(NCC(F)(F)F)cc12. The van der Waals surface area contributed by atoms with Gasteiger partial charge in [0, 0.05) is 17.6 Å². The summed E-state index contributed by atoms with van der Waals surface area (Å²) < 4.78 is 44.1. The van der Waals surface area contributed by atoms with Gasteiger partial charge < -0.3 is 20.2 Å². The molecule has 3 aromatic rings. The molecule has 1 aromatic carbocycles. The van der Waals surface area contributed by atoms with Gasteiger partial charge in [0.15, 0.2) is 0 Å². The van der Waals surface area contributed by atoms with Gasteiger partial charge in [0.25, 0.3) is 5.89 Å². The van der Waals surface area contributed by atoms with Gasteiger partial charge in [0.2, 0.25) is 0 Å². The van der Waals surface area contributed by atoms with E-state index in [1.165, 1.54) is 0 Å². The Hall–Kier alpha value is -2.88. The van der Waals surface area contributed by atoms with E-state index in [1.807, 2.05) is 27.7 Å². The molecule has 7 nitrogen and oxygen atoms in total. The largest absolute Gasteiger partial charge is 0.405 e. The smallest absolute Gasteiger partial charge is 0.402 e. The maximum atomic E-state index is 12.8. The minimum Gasteiger partial charge on any atom is -0.402 e. The van der Waals surface area contributed by atoms with Crippen molar-refractivity contribution >= 4 is 22.6 Å². The van der Waals surface area contributed by atoms with E-state index in [1.54, 1.807) is 18.2 Å². The number of halogens is 3. The molecule has 2 aromatic heterocycles. The number of nitrogens with zero attached hydrogens (tertiary/aromatic N) is 3. The third kappa shape index (κ3) is 5.60. The number of aromatic nitrogens is 3. The van der Waals surface area contributed by atoms with Crippen LogP contribution in [0.3, 0.4) is 0 Å². The van der Waals surface area contributed by atoms with E-state index in [0.717, 1.165) is 35.8 Å². The molecule has 1 aliphatic rings. The van der Waals surface area contributed by atoms with Crippen LogP contribution >= 0.6 is 0 Å². The Morgan fingerprint density at radius 3 is 2.50 bits per heavy atom. The third-order valence-electron chi connectivity index (χ3n) is 6.12. The standard InChI is InChI=1S/C24H30F3N5O2/c1-13-7-19(21-31-32-22(34-21)28-11-14-5-6-16(33)8-14)30-20-17(13)9-15(29-12-24(25,26)27)10-18(20)23(2,3)4/h7,9-10,14,16,29,33H,5-6,8,11-12H2,1-4H3,(H,28,32)/t14?,16-/m0/s1. The maximum absolute atomic E-state index is 12.8. The van der Waals surface area contributed by atoms with Gasteiger partial charge >= 0.3 is 12.2 Å². The van der Waals surface area contributed by atoms with Crippen LogP contribution in [0.5, 0.6) is 0 Å². The van der Waals surface area contributed by atoms with Crippen molar-refractivity contribution in [2.45, 2.75) is 64.7 Å². The van der Waals surface area contributed by atoms with Gasteiger partial charge in [-0.3, -0.25) is 0 Å². The fourth-order valence-corrected chi connectivity index (χ4v) is 4.34. The first-order chi connectivity index (χ1) is 15.9. The number of alkyl halides is 3. The number of rotatable bonds is 6. The maximum Gasteiger partial charge on any atom is 0.405 e. The van der Waals surface area contributed by atoms with Crippen molar-refractivity contribution < 1.29 is 22.7 Å². The van der Waals surface area contributed by atoms with Crippen LogP contribution in [0.1, 0.15) is 51.2 Å². The van der Waals surface area contributed by atoms with Gasteiger partial charge in [-0.1, -0.05) is 25.9 Å². The quantitative estimate of drug-likeness (QED) is 0.435. The van der Waals surface area contributed by atoms with Gasteiger partial charge in [-0.25, -0.2) is 4.98 Å². The van der Waals surface area contributed by atoms with E-state index < -0.39 is 12.7 Å². The highest BCUT2D eigenvalue weighted by Gasteiger charge is 2.28. The number of aryl methyl sites for hydroxylation is 1. The van der Waals surface area contributed by atoms with Crippen LogP contribution in [0.2, 0.25) is 0 Å². The molecule has 1 fully saturated rings. The second kappa shape index (κ2) is 9.05. The summed E-state index contributed by atoms with van der Waals surface area (Å²) in [5, 5.41) is 24.3. The van der Waals surface area contributed by atoms with Crippen molar-refractivity contribution in [1.29, 1.82) is 0 Å². The summed E-state index contributed by atoms with van der Waals surface area (Å²) >= 11 is 0. The van der Waals surface area contributed by atoms with Gasteiger partial charge in [-0.05, 0) is 66.8 Å². The first-order valence-electron chi connectivity index (χ1n) is 11.4. The molecule has 0 radical (unpaired) electrons. The van der Waals surface area contributed by atoms with Crippen molar-refractivity contribution in [3.05, 3.63) is 29.3 Å². The topological polar surface area (TPSA) is 96.1 Å². The Bertz CT molecular complexity index is 1170. The number of hydrogen-bond acceptors (Lipinski definition) is 7. The first kappa shape index (κ1) is 24.3. The zero-order valence-corrected chi connectivity index (χ0v) is 19.8. The van der Waals surface area contributed by atoms with Gasteiger partial charge in [-0.15, -0.1) is 5.10 Å². The predicted molar refractivity (Wildman–Crippen MR) is 125 cm³/mol. The molecule has 1 saturated carbocycles. The minimum atomic E-state index is -4.31. The van der Waals surface area contributed by atoms with E-state index in [-0.39, 0.29) is 17.4 Å². The summed E-state index contributed by atoms with van der Waals surface area (Å²) in [5.41, 5.74) is 2.88. The Morgan fingerprint density at radius 1 is 1.09 bits per heavy atom. The number of nitrogens with one attached hydrogen (secondary N) is 2. The number of hydrogen-bond donors (Lipinski definition) is 3. The number of aliphatic hydroxyl groups is 1. The fraction of sp³-hybridized carbons (Fsp3) is 0.542. The summed E-state index contributed by atoms with van der Waals surface area (Å²) in [6.45, 7) is 7.40. The molecule has 0 aliphatic heterocycles. The van der Waals surface area contributed by atoms with Crippen LogP contribution in [-0.2, 0) is 5.41 Å². The zero-order valence-electron chi connectivity index (χ0n) is 19.8. The molecule has 0 spiro atoms. The van der Waals surface area contributed by atoms with Crippen LogP contribution < -0.4 is 10.6 Å². The van der Waals surface area contributed by atoms with E-state index in [0.29, 0.717) is 35.4 Å². The Morgan fingerprint density at radius 2 is 1.85 bits per heavy atom. The Balaban J connectivity index is 1.64. The van der Waals surface area contributed by atoms with Crippen LogP contribution in [0.25, 0.3) is 22.5 Å². The predicted octanol–water partition coefficient (Wildman–Crippen LogP) is 5.44. The van der Waals surface area contributed by atoms with Crippen molar-refractivity contribution in [2.24, 2.45) is 5.92 Å². The molecule has 2 heterocycles. The Kier molecular flexibility index (Phi) is 6.46. The van der Waals surface area contributed by atoms with Gasteiger partial charge in [-0.2, -0.15) is 13.2 Å². The van der Waals surface area contributed by atoms with Crippen LogP contribution in [-0.4, -0.2) is 45.7 Å². The molecular formula is C24H30F3N5O2. The summed E-state index contributed by atoms with van der Waals surface area (Å²) in [5.74, 6) is 0.624. The van der Waals surface area contributed by atoms with Crippen molar-refractivity contribution in [3.63, 3.8) is 0 Å². The second-order valence-electron chi connectivity index (χ2n) is 10.1. The summed E-state index contributed by atoms with van der Waals surface area (Å²) in [6.07, 6.45) is -2.03. The normalized spacial score (nSPS) is 19.1. The number of fused-ring (bicyclic) bond motifs is 1. The summed E-state index contributed by atoms with van der Waals surface area (Å²) in [4.78, 5) is 4.78. The third-order valence-corrected chi connectivity index (χ3v) is 6.12. The lowest BCUT2D eigenvalue weighted by Crippen LogP contribution is -2.22. The molecule has 1 unspecified atom stereocenters. The van der Waals surface area contributed by atoms with E-state index >= 15 is 0 Å². The minimum absolute atomic E-state index is 0.240. The van der Waals surface area contributed by atoms with E-state index in [2.05, 4.69) is 20.8 Å². The van der Waals surface area contributed by atoms with Gasteiger partial charge in [0.05, 0.1) is 11.6 Å². The molecule has 10 heteroatoms. The molecule has 3 N–H and O–H groups in total. The van der Waals surface area contributed by atoms with Crippen LogP contribution in [0, 0.1) is 12.8 Å². The lowest BCUT2D eigenvalue weighted by atomic mass is 9.84. The number of anilines is 2. The average molecular weight is 478 g/mol. The lowest BCUT2D eigenvalue weighted by Gasteiger charge is -2.23. The molecule has 0 saturated heterocycles. The van der Waals surface area contributed by atoms with Crippen LogP contribution in [0.4, 0.5) is 24.9 Å². The lowest BCUT2D eigenvalue weighted by molar-refractivity contribution is -0.115. The fourth-order valence-electron chi connectivity index (χ4n) is 4.34. The summed E-state index contributed by atoms with van der Waals surface area (Å²) in [6, 6.07) is 5.51. The van der Waals surface area contributed by atoms with Gasteiger partial charge in [0.1, 0.15) is 12.2 Å². The molecule has 4 rings (SSSR count). The molecule has 0 amide bonds. The number of benzene rings is 1. The molecular weight excluding hydrogens is 447 g/mol.